The van der Waals surface area contributed by atoms with Crippen LogP contribution in [-0.2, 0) is 4.79 Å². The minimum atomic E-state index is -0.978. The Morgan fingerprint density at radius 2 is 1.69 bits per heavy atom. The van der Waals surface area contributed by atoms with Gasteiger partial charge in [0.1, 0.15) is 35.6 Å². The van der Waals surface area contributed by atoms with E-state index in [-0.39, 0.29) is 25.0 Å². The third-order valence-electron chi connectivity index (χ3n) is 4.29. The SMILES string of the molecule is CC(C)C(NC(=O)c1c(F)cccc1F)C(=O)N(C)CCOc1ccc(Br)cc1. The zero-order chi connectivity index (χ0) is 21.6. The van der Waals surface area contributed by atoms with E-state index in [9.17, 15) is 18.4 Å². The van der Waals surface area contributed by atoms with Gasteiger partial charge in [-0.05, 0) is 42.3 Å². The first-order chi connectivity index (χ1) is 13.7. The standard InChI is InChI=1S/C21H23BrF2N2O3/c1-13(2)19(25-20(27)18-16(23)5-4-6-17(18)24)21(28)26(3)11-12-29-15-9-7-14(22)8-10-15/h4-10,13,19H,11-12H2,1-3H3,(H,25,27). The molecule has 0 aliphatic rings. The lowest BCUT2D eigenvalue weighted by Gasteiger charge is -2.27. The van der Waals surface area contributed by atoms with E-state index in [4.69, 9.17) is 4.74 Å². The third-order valence-corrected chi connectivity index (χ3v) is 4.82. The van der Waals surface area contributed by atoms with Crippen molar-refractivity contribution in [1.29, 1.82) is 0 Å². The van der Waals surface area contributed by atoms with Crippen molar-refractivity contribution >= 4 is 27.7 Å². The number of nitrogens with one attached hydrogen (secondary N) is 1. The van der Waals surface area contributed by atoms with Crippen LogP contribution in [0.2, 0.25) is 0 Å². The van der Waals surface area contributed by atoms with Crippen LogP contribution >= 0.6 is 15.9 Å². The van der Waals surface area contributed by atoms with E-state index < -0.39 is 29.1 Å². The topological polar surface area (TPSA) is 58.6 Å². The molecule has 1 atom stereocenters. The molecule has 1 unspecified atom stereocenters. The maximum Gasteiger partial charge on any atom is 0.257 e. The number of nitrogens with zero attached hydrogens (tertiary/aromatic N) is 1. The molecule has 0 fully saturated rings. The lowest BCUT2D eigenvalue weighted by atomic mass is 10.0. The van der Waals surface area contributed by atoms with E-state index in [1.165, 1.54) is 11.0 Å². The van der Waals surface area contributed by atoms with E-state index in [0.717, 1.165) is 16.6 Å². The number of carbonyl (C=O) groups is 2. The summed E-state index contributed by atoms with van der Waals surface area (Å²) in [5.74, 6) is -2.91. The fraction of sp³-hybridized carbons (Fsp3) is 0.333. The van der Waals surface area contributed by atoms with Crippen LogP contribution in [0.4, 0.5) is 8.78 Å². The van der Waals surface area contributed by atoms with Crippen molar-refractivity contribution in [2.24, 2.45) is 5.92 Å². The summed E-state index contributed by atoms with van der Waals surface area (Å²) in [6, 6.07) is 9.52. The van der Waals surface area contributed by atoms with Gasteiger partial charge in [0.2, 0.25) is 5.91 Å². The van der Waals surface area contributed by atoms with Gasteiger partial charge in [0.15, 0.2) is 0 Å². The number of amides is 2. The molecule has 0 bridgehead atoms. The molecule has 0 aliphatic carbocycles. The summed E-state index contributed by atoms with van der Waals surface area (Å²) in [5.41, 5.74) is -0.702. The molecule has 0 radical (unpaired) electrons. The first-order valence-corrected chi connectivity index (χ1v) is 9.88. The van der Waals surface area contributed by atoms with Gasteiger partial charge in [0, 0.05) is 11.5 Å². The molecule has 0 heterocycles. The minimum absolute atomic E-state index is 0.255. The van der Waals surface area contributed by atoms with Gasteiger partial charge in [-0.1, -0.05) is 35.8 Å². The number of likely N-dealkylation sites (N-methyl/N-ethyl adjacent to an activating group) is 1. The second-order valence-electron chi connectivity index (χ2n) is 6.85. The molecule has 0 spiro atoms. The van der Waals surface area contributed by atoms with Crippen molar-refractivity contribution in [1.82, 2.24) is 10.2 Å². The van der Waals surface area contributed by atoms with Gasteiger partial charge in [0.05, 0.1) is 6.54 Å². The van der Waals surface area contributed by atoms with Crippen LogP contribution in [0.25, 0.3) is 0 Å². The van der Waals surface area contributed by atoms with Crippen molar-refractivity contribution in [3.8, 4) is 5.75 Å². The van der Waals surface area contributed by atoms with Gasteiger partial charge >= 0.3 is 0 Å². The number of hydrogen-bond acceptors (Lipinski definition) is 3. The molecule has 8 heteroatoms. The molecule has 2 rings (SSSR count). The maximum atomic E-state index is 13.8. The minimum Gasteiger partial charge on any atom is -0.492 e. The van der Waals surface area contributed by atoms with Gasteiger partial charge < -0.3 is 15.0 Å². The van der Waals surface area contributed by atoms with Gasteiger partial charge in [-0.2, -0.15) is 0 Å². The maximum absolute atomic E-state index is 13.8. The molecule has 2 amide bonds. The van der Waals surface area contributed by atoms with Crippen molar-refractivity contribution in [2.75, 3.05) is 20.2 Å². The molecular formula is C21H23BrF2N2O3. The summed E-state index contributed by atoms with van der Waals surface area (Å²) in [5, 5.41) is 2.45. The molecule has 0 saturated carbocycles. The van der Waals surface area contributed by atoms with Crippen LogP contribution in [0.5, 0.6) is 5.75 Å². The van der Waals surface area contributed by atoms with Gasteiger partial charge in [0.25, 0.3) is 5.91 Å². The Morgan fingerprint density at radius 3 is 2.24 bits per heavy atom. The van der Waals surface area contributed by atoms with Crippen molar-refractivity contribution < 1.29 is 23.1 Å². The highest BCUT2D eigenvalue weighted by atomic mass is 79.9. The summed E-state index contributed by atoms with van der Waals surface area (Å²) in [4.78, 5) is 26.6. The van der Waals surface area contributed by atoms with Crippen LogP contribution in [0, 0.1) is 17.6 Å². The van der Waals surface area contributed by atoms with E-state index in [0.29, 0.717) is 5.75 Å². The van der Waals surface area contributed by atoms with Crippen LogP contribution in [0.3, 0.4) is 0 Å². The molecule has 2 aromatic rings. The highest BCUT2D eigenvalue weighted by Crippen LogP contribution is 2.16. The summed E-state index contributed by atoms with van der Waals surface area (Å²) < 4.78 is 34.2. The van der Waals surface area contributed by atoms with Crippen molar-refractivity contribution in [2.45, 2.75) is 19.9 Å². The summed E-state index contributed by atoms with van der Waals surface area (Å²) in [6.45, 7) is 4.02. The Labute approximate surface area is 177 Å². The number of rotatable bonds is 8. The largest absolute Gasteiger partial charge is 0.492 e. The van der Waals surface area contributed by atoms with E-state index >= 15 is 0 Å². The van der Waals surface area contributed by atoms with Crippen LogP contribution in [-0.4, -0.2) is 43.0 Å². The molecule has 156 valence electrons. The van der Waals surface area contributed by atoms with Gasteiger partial charge in [-0.3, -0.25) is 9.59 Å². The Kier molecular flexibility index (Phi) is 8.13. The number of ether oxygens (including phenoxy) is 1. The average molecular weight is 469 g/mol. The first-order valence-electron chi connectivity index (χ1n) is 9.09. The smallest absolute Gasteiger partial charge is 0.257 e. The number of hydrogen-bond donors (Lipinski definition) is 1. The lowest BCUT2D eigenvalue weighted by molar-refractivity contribution is -0.133. The zero-order valence-corrected chi connectivity index (χ0v) is 18.0. The van der Waals surface area contributed by atoms with E-state index in [1.54, 1.807) is 33.0 Å². The molecular weight excluding hydrogens is 446 g/mol. The number of halogens is 3. The zero-order valence-electron chi connectivity index (χ0n) is 16.4. The highest BCUT2D eigenvalue weighted by molar-refractivity contribution is 9.10. The predicted molar refractivity (Wildman–Crippen MR) is 110 cm³/mol. The molecule has 2 aromatic carbocycles. The Hall–Kier alpha value is -2.48. The molecule has 5 nitrogen and oxygen atoms in total. The van der Waals surface area contributed by atoms with Crippen molar-refractivity contribution in [3.05, 3.63) is 64.1 Å². The van der Waals surface area contributed by atoms with Gasteiger partial charge in [-0.25, -0.2) is 8.78 Å². The number of carbonyl (C=O) groups excluding carboxylic acids is 2. The predicted octanol–water partition coefficient (Wildman–Crippen LogP) is 4.02. The molecule has 0 aliphatic heterocycles. The summed E-state index contributed by atoms with van der Waals surface area (Å²) in [6.07, 6.45) is 0. The third kappa shape index (κ3) is 6.25. The van der Waals surface area contributed by atoms with E-state index in [1.807, 2.05) is 12.1 Å². The van der Waals surface area contributed by atoms with E-state index in [2.05, 4.69) is 21.2 Å². The molecule has 29 heavy (non-hydrogen) atoms. The van der Waals surface area contributed by atoms with Crippen LogP contribution in [0.15, 0.2) is 46.9 Å². The highest BCUT2D eigenvalue weighted by Gasteiger charge is 2.29. The summed E-state index contributed by atoms with van der Waals surface area (Å²) in [7, 11) is 1.58. The number of benzene rings is 2. The lowest BCUT2D eigenvalue weighted by Crippen LogP contribution is -2.51. The Bertz CT molecular complexity index is 839. The monoisotopic (exact) mass is 468 g/mol. The average Bonchev–Trinajstić information content (AvgIpc) is 2.66. The Morgan fingerprint density at radius 1 is 1.10 bits per heavy atom. The van der Waals surface area contributed by atoms with Gasteiger partial charge in [-0.15, -0.1) is 0 Å². The molecule has 0 aromatic heterocycles. The van der Waals surface area contributed by atoms with Crippen molar-refractivity contribution in [3.63, 3.8) is 0 Å². The Balaban J connectivity index is 1.98. The quantitative estimate of drug-likeness (QED) is 0.636. The second-order valence-corrected chi connectivity index (χ2v) is 7.77. The normalized spacial score (nSPS) is 11.8. The molecule has 1 N–H and O–H groups in total. The fourth-order valence-corrected chi connectivity index (χ4v) is 2.88. The van der Waals surface area contributed by atoms with Crippen LogP contribution in [0.1, 0.15) is 24.2 Å². The fourth-order valence-electron chi connectivity index (χ4n) is 2.62. The van der Waals surface area contributed by atoms with Crippen LogP contribution < -0.4 is 10.1 Å². The summed E-state index contributed by atoms with van der Waals surface area (Å²) >= 11 is 3.34. The molecule has 0 saturated heterocycles. The second kappa shape index (κ2) is 10.3. The first kappa shape index (κ1) is 22.8.